The van der Waals surface area contributed by atoms with Crippen LogP contribution in [0.3, 0.4) is 0 Å². The van der Waals surface area contributed by atoms with Crippen LogP contribution < -0.4 is 5.32 Å². The fourth-order valence-corrected chi connectivity index (χ4v) is 3.30. The van der Waals surface area contributed by atoms with E-state index in [1.165, 1.54) is 6.26 Å². The van der Waals surface area contributed by atoms with Crippen LogP contribution in [-0.4, -0.2) is 23.3 Å². The van der Waals surface area contributed by atoms with Gasteiger partial charge in [-0.15, -0.1) is 0 Å². The monoisotopic (exact) mass is 371 g/mol. The third-order valence-electron chi connectivity index (χ3n) is 4.75. The Balaban J connectivity index is 1.51. The van der Waals surface area contributed by atoms with Gasteiger partial charge in [-0.1, -0.05) is 12.1 Å². The zero-order valence-electron chi connectivity index (χ0n) is 15.0. The lowest BCUT2D eigenvalue weighted by Crippen LogP contribution is -2.35. The Morgan fingerprint density at radius 2 is 1.96 bits per heavy atom. The number of benzene rings is 2. The average Bonchev–Trinajstić information content (AvgIpc) is 3.27. The van der Waals surface area contributed by atoms with E-state index in [4.69, 9.17) is 9.68 Å². The van der Waals surface area contributed by atoms with Crippen LogP contribution in [-0.2, 0) is 13.0 Å². The summed E-state index contributed by atoms with van der Waals surface area (Å²) in [7, 11) is 0. The van der Waals surface area contributed by atoms with Crippen LogP contribution in [0.4, 0.5) is 5.69 Å². The predicted octanol–water partition coefficient (Wildman–Crippen LogP) is 3.60. The second-order valence-corrected chi connectivity index (χ2v) is 6.58. The molecule has 2 heterocycles. The smallest absolute Gasteiger partial charge is 0.289 e. The maximum Gasteiger partial charge on any atom is 0.289 e. The quantitative estimate of drug-likeness (QED) is 0.762. The Morgan fingerprint density at radius 1 is 1.07 bits per heavy atom. The van der Waals surface area contributed by atoms with Crippen molar-refractivity contribution in [2.45, 2.75) is 13.0 Å². The van der Waals surface area contributed by atoms with Gasteiger partial charge in [0.25, 0.3) is 11.8 Å². The zero-order chi connectivity index (χ0) is 19.5. The Labute approximate surface area is 162 Å². The van der Waals surface area contributed by atoms with Crippen LogP contribution in [0.5, 0.6) is 0 Å². The summed E-state index contributed by atoms with van der Waals surface area (Å²) in [5.74, 6) is -0.0972. The maximum absolute atomic E-state index is 12.5. The lowest BCUT2D eigenvalue weighted by molar-refractivity contribution is 0.0702. The molecule has 1 aliphatic heterocycles. The van der Waals surface area contributed by atoms with Crippen LogP contribution in [0.2, 0.25) is 0 Å². The molecule has 0 saturated carbocycles. The highest BCUT2D eigenvalue weighted by Crippen LogP contribution is 2.24. The van der Waals surface area contributed by atoms with Gasteiger partial charge < -0.3 is 14.6 Å². The van der Waals surface area contributed by atoms with Gasteiger partial charge in [0.15, 0.2) is 5.76 Å². The topological polar surface area (TPSA) is 86.3 Å². The lowest BCUT2D eigenvalue weighted by Gasteiger charge is -2.28. The molecule has 1 aromatic heterocycles. The van der Waals surface area contributed by atoms with Gasteiger partial charge in [-0.05, 0) is 60.0 Å². The first-order valence-corrected chi connectivity index (χ1v) is 8.90. The summed E-state index contributed by atoms with van der Waals surface area (Å²) >= 11 is 0. The first-order valence-electron chi connectivity index (χ1n) is 8.90. The van der Waals surface area contributed by atoms with Crippen LogP contribution in [0, 0.1) is 11.3 Å². The van der Waals surface area contributed by atoms with Gasteiger partial charge in [0.1, 0.15) is 0 Å². The highest BCUT2D eigenvalue weighted by atomic mass is 16.3. The van der Waals surface area contributed by atoms with Crippen molar-refractivity contribution in [2.75, 3.05) is 11.9 Å². The van der Waals surface area contributed by atoms with Gasteiger partial charge >= 0.3 is 0 Å². The molecule has 1 aliphatic rings. The molecule has 0 spiro atoms. The largest absolute Gasteiger partial charge is 0.459 e. The SMILES string of the molecule is N#Cc1cccc(C(=O)Nc2ccc3c(c2)CN(C(=O)c2ccco2)CC3)c1. The molecule has 138 valence electrons. The molecule has 4 rings (SSSR count). The van der Waals surface area contributed by atoms with E-state index in [9.17, 15) is 9.59 Å². The molecule has 0 fully saturated rings. The number of furan rings is 1. The van der Waals surface area contributed by atoms with E-state index in [0.29, 0.717) is 35.7 Å². The van der Waals surface area contributed by atoms with E-state index < -0.39 is 0 Å². The number of nitriles is 1. The summed E-state index contributed by atoms with van der Waals surface area (Å²) in [6.07, 6.45) is 2.24. The van der Waals surface area contributed by atoms with Crippen LogP contribution in [0.1, 0.15) is 37.6 Å². The van der Waals surface area contributed by atoms with Crippen molar-refractivity contribution in [1.29, 1.82) is 5.26 Å². The first kappa shape index (κ1) is 17.6. The fourth-order valence-electron chi connectivity index (χ4n) is 3.30. The summed E-state index contributed by atoms with van der Waals surface area (Å²) in [4.78, 5) is 26.7. The molecule has 0 aliphatic carbocycles. The normalized spacial score (nSPS) is 12.8. The zero-order valence-corrected chi connectivity index (χ0v) is 15.0. The van der Waals surface area contributed by atoms with Gasteiger partial charge in [0, 0.05) is 24.3 Å². The molecule has 2 aromatic carbocycles. The van der Waals surface area contributed by atoms with E-state index in [1.807, 2.05) is 24.3 Å². The molecule has 0 unspecified atom stereocenters. The molecule has 6 heteroatoms. The molecule has 0 radical (unpaired) electrons. The highest BCUT2D eigenvalue weighted by Gasteiger charge is 2.23. The van der Waals surface area contributed by atoms with E-state index in [2.05, 4.69) is 5.32 Å². The molecule has 1 N–H and O–H groups in total. The third kappa shape index (κ3) is 3.51. The van der Waals surface area contributed by atoms with Crippen molar-refractivity contribution in [3.63, 3.8) is 0 Å². The fraction of sp³-hybridized carbons (Fsp3) is 0.136. The number of hydrogen-bond acceptors (Lipinski definition) is 4. The number of amides is 2. The van der Waals surface area contributed by atoms with Gasteiger partial charge in [0.2, 0.25) is 0 Å². The minimum absolute atomic E-state index is 0.140. The molecular formula is C22H17N3O3. The molecular weight excluding hydrogens is 354 g/mol. The van der Waals surface area contributed by atoms with Crippen molar-refractivity contribution in [3.05, 3.63) is 88.9 Å². The summed E-state index contributed by atoms with van der Waals surface area (Å²) in [6, 6.07) is 17.7. The number of hydrogen-bond donors (Lipinski definition) is 1. The third-order valence-corrected chi connectivity index (χ3v) is 4.75. The van der Waals surface area contributed by atoms with Crippen molar-refractivity contribution in [3.8, 4) is 6.07 Å². The summed E-state index contributed by atoms with van der Waals surface area (Å²) < 4.78 is 5.21. The van der Waals surface area contributed by atoms with Gasteiger partial charge in [-0.25, -0.2) is 0 Å². The number of rotatable bonds is 3. The standard InChI is InChI=1S/C22H17N3O3/c23-13-15-3-1-4-17(11-15)21(26)24-19-7-6-16-8-9-25(14-18(16)12-19)22(27)20-5-2-10-28-20/h1-7,10-12H,8-9,14H2,(H,24,26). The molecule has 2 amide bonds. The highest BCUT2D eigenvalue weighted by molar-refractivity contribution is 6.04. The number of nitrogens with zero attached hydrogens (tertiary/aromatic N) is 2. The Hall–Kier alpha value is -3.85. The summed E-state index contributed by atoms with van der Waals surface area (Å²) in [6.45, 7) is 1.09. The van der Waals surface area contributed by atoms with Gasteiger partial charge in [-0.2, -0.15) is 5.26 Å². The molecule has 6 nitrogen and oxygen atoms in total. The van der Waals surface area contributed by atoms with Gasteiger partial charge in [0.05, 0.1) is 17.9 Å². The van der Waals surface area contributed by atoms with Crippen LogP contribution in [0.25, 0.3) is 0 Å². The van der Waals surface area contributed by atoms with Crippen molar-refractivity contribution >= 4 is 17.5 Å². The number of nitrogens with one attached hydrogen (secondary N) is 1. The van der Waals surface area contributed by atoms with E-state index >= 15 is 0 Å². The number of fused-ring (bicyclic) bond motifs is 1. The minimum atomic E-state index is -0.281. The number of carbonyl (C=O) groups is 2. The average molecular weight is 371 g/mol. The number of anilines is 1. The predicted molar refractivity (Wildman–Crippen MR) is 103 cm³/mol. The Morgan fingerprint density at radius 3 is 2.75 bits per heavy atom. The summed E-state index contributed by atoms with van der Waals surface area (Å²) in [5, 5.41) is 11.8. The van der Waals surface area contributed by atoms with Gasteiger partial charge in [-0.3, -0.25) is 9.59 Å². The molecule has 0 saturated heterocycles. The lowest BCUT2D eigenvalue weighted by atomic mass is 9.98. The molecule has 28 heavy (non-hydrogen) atoms. The van der Waals surface area contributed by atoms with E-state index in [-0.39, 0.29) is 11.8 Å². The molecule has 0 bridgehead atoms. The van der Waals surface area contributed by atoms with E-state index in [1.54, 1.807) is 41.3 Å². The number of carbonyl (C=O) groups excluding carboxylic acids is 2. The van der Waals surface area contributed by atoms with Crippen molar-refractivity contribution < 1.29 is 14.0 Å². The van der Waals surface area contributed by atoms with Crippen LogP contribution >= 0.6 is 0 Å². The minimum Gasteiger partial charge on any atom is -0.459 e. The molecule has 3 aromatic rings. The first-order chi connectivity index (χ1) is 13.6. The maximum atomic E-state index is 12.5. The second-order valence-electron chi connectivity index (χ2n) is 6.58. The Bertz CT molecular complexity index is 1080. The molecule has 0 atom stereocenters. The summed E-state index contributed by atoms with van der Waals surface area (Å²) in [5.41, 5.74) is 3.66. The van der Waals surface area contributed by atoms with Crippen molar-refractivity contribution in [2.24, 2.45) is 0 Å². The van der Waals surface area contributed by atoms with E-state index in [0.717, 1.165) is 17.5 Å². The second kappa shape index (κ2) is 7.41. The van der Waals surface area contributed by atoms with Crippen LogP contribution in [0.15, 0.2) is 65.3 Å². The Kier molecular flexibility index (Phi) is 4.65. The van der Waals surface area contributed by atoms with Crippen molar-refractivity contribution in [1.82, 2.24) is 4.90 Å².